The van der Waals surface area contributed by atoms with Crippen molar-refractivity contribution in [2.24, 2.45) is 0 Å². The first-order valence-corrected chi connectivity index (χ1v) is 7.10. The first-order chi connectivity index (χ1) is 8.11. The molecule has 0 aliphatic heterocycles. The van der Waals surface area contributed by atoms with E-state index in [0.717, 1.165) is 5.75 Å². The second-order valence-electron chi connectivity index (χ2n) is 3.54. The summed E-state index contributed by atoms with van der Waals surface area (Å²) in [5.74, 6) is -0.480. The lowest BCUT2D eigenvalue weighted by Gasteiger charge is -2.13. The van der Waals surface area contributed by atoms with Crippen molar-refractivity contribution in [1.29, 1.82) is 0 Å². The van der Waals surface area contributed by atoms with E-state index in [1.807, 2.05) is 13.2 Å². The Morgan fingerprint density at radius 3 is 2.71 bits per heavy atom. The van der Waals surface area contributed by atoms with Crippen molar-refractivity contribution >= 4 is 23.6 Å². The van der Waals surface area contributed by atoms with Crippen LogP contribution in [0.3, 0.4) is 0 Å². The van der Waals surface area contributed by atoms with Crippen LogP contribution >= 0.6 is 11.8 Å². The second-order valence-corrected chi connectivity index (χ2v) is 4.53. The average molecular weight is 263 g/mol. The highest BCUT2D eigenvalue weighted by Crippen LogP contribution is 2.02. The lowest BCUT2D eigenvalue weighted by atomic mass is 10.2. The maximum absolute atomic E-state index is 11.4. The van der Waals surface area contributed by atoms with Gasteiger partial charge in [0.15, 0.2) is 0 Å². The normalized spacial score (nSPS) is 12.1. The maximum atomic E-state index is 11.4. The maximum Gasteiger partial charge on any atom is 0.326 e. The molecule has 0 radical (unpaired) electrons. The summed E-state index contributed by atoms with van der Waals surface area (Å²) in [6, 6.07) is -0.776. The Labute approximate surface area is 106 Å². The van der Waals surface area contributed by atoms with E-state index in [2.05, 4.69) is 5.32 Å². The second kappa shape index (κ2) is 10.4. The number of ether oxygens (including phenoxy) is 1. The molecular formula is C11H21NO4S. The molecule has 0 saturated carbocycles. The van der Waals surface area contributed by atoms with Gasteiger partial charge in [0, 0.05) is 19.6 Å². The fourth-order valence-corrected chi connectivity index (χ4v) is 1.71. The summed E-state index contributed by atoms with van der Waals surface area (Å²) >= 11 is 1.56. The van der Waals surface area contributed by atoms with E-state index < -0.39 is 12.0 Å². The Hall–Kier alpha value is -0.750. The van der Waals surface area contributed by atoms with E-state index in [1.165, 1.54) is 0 Å². The molecule has 0 fully saturated rings. The molecule has 0 aromatic rings. The first kappa shape index (κ1) is 16.2. The fourth-order valence-electron chi connectivity index (χ4n) is 1.24. The molecule has 0 aliphatic carbocycles. The lowest BCUT2D eigenvalue weighted by Crippen LogP contribution is -2.41. The van der Waals surface area contributed by atoms with Crippen LogP contribution in [0, 0.1) is 0 Å². The molecule has 6 heteroatoms. The molecule has 0 aromatic carbocycles. The van der Waals surface area contributed by atoms with Gasteiger partial charge in [0.25, 0.3) is 0 Å². The van der Waals surface area contributed by atoms with Crippen molar-refractivity contribution in [1.82, 2.24) is 5.32 Å². The van der Waals surface area contributed by atoms with Crippen LogP contribution < -0.4 is 5.32 Å². The van der Waals surface area contributed by atoms with Gasteiger partial charge in [0.2, 0.25) is 5.91 Å². The molecule has 0 rings (SSSR count). The van der Waals surface area contributed by atoms with E-state index in [1.54, 1.807) is 11.8 Å². The molecule has 0 aliphatic rings. The third-order valence-corrected chi connectivity index (χ3v) is 2.78. The molecule has 17 heavy (non-hydrogen) atoms. The van der Waals surface area contributed by atoms with Gasteiger partial charge < -0.3 is 15.2 Å². The summed E-state index contributed by atoms with van der Waals surface area (Å²) in [4.78, 5) is 22.3. The number of thioether (sulfide) groups is 1. The van der Waals surface area contributed by atoms with E-state index in [4.69, 9.17) is 9.84 Å². The predicted octanol–water partition coefficient (Wildman–Crippen LogP) is 1.13. The SMILES string of the molecule is CCOCCCC(=O)NC(CCSC)C(=O)O. The quantitative estimate of drug-likeness (QED) is 0.578. The van der Waals surface area contributed by atoms with E-state index in [9.17, 15) is 9.59 Å². The number of hydrogen-bond donors (Lipinski definition) is 2. The number of carbonyl (C=O) groups excluding carboxylic acids is 1. The van der Waals surface area contributed by atoms with Gasteiger partial charge in [-0.25, -0.2) is 4.79 Å². The van der Waals surface area contributed by atoms with Gasteiger partial charge in [-0.3, -0.25) is 4.79 Å². The van der Waals surface area contributed by atoms with Crippen LogP contribution in [-0.2, 0) is 14.3 Å². The van der Waals surface area contributed by atoms with Crippen molar-refractivity contribution in [3.8, 4) is 0 Å². The van der Waals surface area contributed by atoms with Gasteiger partial charge in [-0.1, -0.05) is 0 Å². The Morgan fingerprint density at radius 1 is 1.47 bits per heavy atom. The van der Waals surface area contributed by atoms with Gasteiger partial charge in [0.1, 0.15) is 6.04 Å². The van der Waals surface area contributed by atoms with Crippen LogP contribution in [0.5, 0.6) is 0 Å². The number of hydrogen-bond acceptors (Lipinski definition) is 4. The average Bonchev–Trinajstić information content (AvgIpc) is 2.29. The summed E-state index contributed by atoms with van der Waals surface area (Å²) in [7, 11) is 0. The third kappa shape index (κ3) is 9.00. The fraction of sp³-hybridized carbons (Fsp3) is 0.818. The standard InChI is InChI=1S/C11H21NO4S/c1-3-16-7-4-5-10(13)12-9(11(14)15)6-8-17-2/h9H,3-8H2,1-2H3,(H,12,13)(H,14,15). The summed E-state index contributed by atoms with van der Waals surface area (Å²) in [6.45, 7) is 3.06. The zero-order valence-electron chi connectivity index (χ0n) is 10.4. The topological polar surface area (TPSA) is 75.6 Å². The minimum Gasteiger partial charge on any atom is -0.480 e. The van der Waals surface area contributed by atoms with Gasteiger partial charge in [-0.2, -0.15) is 11.8 Å². The van der Waals surface area contributed by atoms with Crippen LogP contribution in [0.2, 0.25) is 0 Å². The largest absolute Gasteiger partial charge is 0.480 e. The molecule has 0 saturated heterocycles. The minimum atomic E-state index is -0.975. The van der Waals surface area contributed by atoms with Crippen LogP contribution in [-0.4, -0.2) is 48.2 Å². The highest BCUT2D eigenvalue weighted by molar-refractivity contribution is 7.98. The third-order valence-electron chi connectivity index (χ3n) is 2.14. The zero-order chi connectivity index (χ0) is 13.1. The Morgan fingerprint density at radius 2 is 2.18 bits per heavy atom. The van der Waals surface area contributed by atoms with Gasteiger partial charge in [0.05, 0.1) is 0 Å². The van der Waals surface area contributed by atoms with Crippen LogP contribution in [0.25, 0.3) is 0 Å². The first-order valence-electron chi connectivity index (χ1n) is 5.70. The summed E-state index contributed by atoms with van der Waals surface area (Å²) in [5.41, 5.74) is 0. The summed E-state index contributed by atoms with van der Waals surface area (Å²) < 4.78 is 5.10. The number of carboxylic acid groups (broad SMARTS) is 1. The molecule has 5 nitrogen and oxygen atoms in total. The molecule has 0 heterocycles. The van der Waals surface area contributed by atoms with E-state index >= 15 is 0 Å². The molecular weight excluding hydrogens is 242 g/mol. The Kier molecular flexibility index (Phi) is 9.95. The number of carboxylic acids is 1. The molecule has 2 N–H and O–H groups in total. The number of nitrogens with one attached hydrogen (secondary N) is 1. The van der Waals surface area contributed by atoms with Crippen molar-refractivity contribution in [3.05, 3.63) is 0 Å². The van der Waals surface area contributed by atoms with Crippen LogP contribution in [0.15, 0.2) is 0 Å². The molecule has 0 spiro atoms. The van der Waals surface area contributed by atoms with Crippen molar-refractivity contribution in [3.63, 3.8) is 0 Å². The molecule has 0 aromatic heterocycles. The van der Waals surface area contributed by atoms with Gasteiger partial charge in [-0.15, -0.1) is 0 Å². The van der Waals surface area contributed by atoms with Crippen LogP contribution in [0.1, 0.15) is 26.2 Å². The van der Waals surface area contributed by atoms with Crippen molar-refractivity contribution in [2.45, 2.75) is 32.2 Å². The smallest absolute Gasteiger partial charge is 0.326 e. The number of carbonyl (C=O) groups is 2. The summed E-state index contributed by atoms with van der Waals surface area (Å²) in [6.07, 6.45) is 3.29. The summed E-state index contributed by atoms with van der Waals surface area (Å²) in [5, 5.41) is 11.4. The Bertz CT molecular complexity index is 236. The van der Waals surface area contributed by atoms with Crippen molar-refractivity contribution < 1.29 is 19.4 Å². The van der Waals surface area contributed by atoms with Gasteiger partial charge >= 0.3 is 5.97 Å². The number of rotatable bonds is 10. The van der Waals surface area contributed by atoms with Crippen molar-refractivity contribution in [2.75, 3.05) is 25.2 Å². The molecule has 1 amide bonds. The lowest BCUT2D eigenvalue weighted by molar-refractivity contribution is -0.141. The predicted molar refractivity (Wildman–Crippen MR) is 68.3 cm³/mol. The molecule has 1 atom stereocenters. The van der Waals surface area contributed by atoms with E-state index in [-0.39, 0.29) is 5.91 Å². The van der Waals surface area contributed by atoms with Gasteiger partial charge in [-0.05, 0) is 31.8 Å². The van der Waals surface area contributed by atoms with E-state index in [0.29, 0.717) is 32.5 Å². The number of aliphatic carboxylic acids is 1. The zero-order valence-corrected chi connectivity index (χ0v) is 11.2. The molecule has 100 valence electrons. The highest BCUT2D eigenvalue weighted by Gasteiger charge is 2.18. The van der Waals surface area contributed by atoms with Crippen LogP contribution in [0.4, 0.5) is 0 Å². The monoisotopic (exact) mass is 263 g/mol. The molecule has 1 unspecified atom stereocenters. The number of amides is 1. The Balaban J connectivity index is 3.83. The minimum absolute atomic E-state index is 0.224. The molecule has 0 bridgehead atoms. The highest BCUT2D eigenvalue weighted by atomic mass is 32.2.